The van der Waals surface area contributed by atoms with Gasteiger partial charge in [0, 0.05) is 0 Å². The highest BCUT2D eigenvalue weighted by Crippen LogP contribution is 2.28. The van der Waals surface area contributed by atoms with Gasteiger partial charge in [0.15, 0.2) is 11.0 Å². The van der Waals surface area contributed by atoms with E-state index in [9.17, 15) is 13.2 Å². The van der Waals surface area contributed by atoms with Crippen molar-refractivity contribution in [3.63, 3.8) is 0 Å². The molecule has 16 heavy (non-hydrogen) atoms. The first-order chi connectivity index (χ1) is 7.61. The number of nitrogens with zero attached hydrogens (tertiary/aromatic N) is 2. The zero-order valence-electron chi connectivity index (χ0n) is 7.72. The predicted octanol–water partition coefficient (Wildman–Crippen LogP) is 3.21. The lowest BCUT2D eigenvalue weighted by Gasteiger charge is -2.05. The summed E-state index contributed by atoms with van der Waals surface area (Å²) in [6.45, 7) is 0. The van der Waals surface area contributed by atoms with Crippen molar-refractivity contribution in [2.24, 2.45) is 0 Å². The molecule has 2 aromatic rings. The molecule has 0 fully saturated rings. The molecule has 0 radical (unpaired) electrons. The Morgan fingerprint density at radius 1 is 1.00 bits per heavy atom. The molecule has 1 aromatic carbocycles. The summed E-state index contributed by atoms with van der Waals surface area (Å²) in [6.07, 6.45) is 0.937. The van der Waals surface area contributed by atoms with Crippen LogP contribution in [0.2, 0.25) is 5.15 Å². The minimum absolute atomic E-state index is 0.479. The van der Waals surface area contributed by atoms with Gasteiger partial charge in [-0.3, -0.25) is 0 Å². The first-order valence-corrected chi connectivity index (χ1v) is 4.59. The van der Waals surface area contributed by atoms with Gasteiger partial charge in [-0.2, -0.15) is 0 Å². The minimum Gasteiger partial charge on any atom is -0.233 e. The molecule has 2 rings (SSSR count). The summed E-state index contributed by atoms with van der Waals surface area (Å²) >= 11 is 5.40. The monoisotopic (exact) mass is 244 g/mol. The number of hydrogen-bond acceptors (Lipinski definition) is 2. The maximum atomic E-state index is 13.5. The second-order valence-corrected chi connectivity index (χ2v) is 3.28. The van der Waals surface area contributed by atoms with Crippen LogP contribution in [0.1, 0.15) is 0 Å². The van der Waals surface area contributed by atoms with E-state index >= 15 is 0 Å². The molecule has 2 nitrogen and oxygen atoms in total. The van der Waals surface area contributed by atoms with Crippen molar-refractivity contribution in [2.45, 2.75) is 0 Å². The van der Waals surface area contributed by atoms with Crippen molar-refractivity contribution in [1.29, 1.82) is 0 Å². The standard InChI is InChI=1S/C10H4ClF3N2/c11-10-8(14)9(15-4-16-10)7-5(12)2-1-3-6(7)13/h1-4H. The second kappa shape index (κ2) is 4.09. The summed E-state index contributed by atoms with van der Waals surface area (Å²) in [5.74, 6) is -2.87. The number of halogens is 4. The molecule has 82 valence electrons. The Kier molecular flexibility index (Phi) is 2.78. The average Bonchev–Trinajstić information content (AvgIpc) is 2.24. The van der Waals surface area contributed by atoms with Crippen molar-refractivity contribution in [3.05, 3.63) is 47.1 Å². The van der Waals surface area contributed by atoms with E-state index in [4.69, 9.17) is 11.6 Å². The second-order valence-electron chi connectivity index (χ2n) is 2.92. The number of benzene rings is 1. The minimum atomic E-state index is -1.05. The molecule has 0 N–H and O–H groups in total. The molecule has 1 heterocycles. The maximum Gasteiger partial charge on any atom is 0.186 e. The molecular formula is C10H4ClF3N2. The van der Waals surface area contributed by atoms with Gasteiger partial charge in [-0.15, -0.1) is 0 Å². The van der Waals surface area contributed by atoms with Crippen molar-refractivity contribution in [1.82, 2.24) is 9.97 Å². The van der Waals surface area contributed by atoms with Gasteiger partial charge in [0.2, 0.25) is 0 Å². The zero-order valence-corrected chi connectivity index (χ0v) is 8.47. The molecule has 1 aromatic heterocycles. The molecule has 0 spiro atoms. The summed E-state index contributed by atoms with van der Waals surface area (Å²) in [5, 5.41) is -0.479. The average molecular weight is 245 g/mol. The van der Waals surface area contributed by atoms with Crippen LogP contribution in [0.4, 0.5) is 13.2 Å². The van der Waals surface area contributed by atoms with Crippen LogP contribution in [0.3, 0.4) is 0 Å². The van der Waals surface area contributed by atoms with Crippen molar-refractivity contribution < 1.29 is 13.2 Å². The highest BCUT2D eigenvalue weighted by molar-refractivity contribution is 6.29. The van der Waals surface area contributed by atoms with E-state index in [1.165, 1.54) is 6.07 Å². The van der Waals surface area contributed by atoms with E-state index in [1.807, 2.05) is 0 Å². The van der Waals surface area contributed by atoms with Crippen LogP contribution >= 0.6 is 11.6 Å². The third-order valence-corrected chi connectivity index (χ3v) is 2.21. The van der Waals surface area contributed by atoms with Crippen LogP contribution in [0.15, 0.2) is 24.5 Å². The topological polar surface area (TPSA) is 25.8 Å². The summed E-state index contributed by atoms with van der Waals surface area (Å²) in [4.78, 5) is 6.84. The van der Waals surface area contributed by atoms with Gasteiger partial charge in [-0.05, 0) is 12.1 Å². The van der Waals surface area contributed by atoms with Gasteiger partial charge in [-0.25, -0.2) is 23.1 Å². The summed E-state index contributed by atoms with van der Waals surface area (Å²) in [5.41, 5.74) is -1.04. The smallest absolute Gasteiger partial charge is 0.186 e. The van der Waals surface area contributed by atoms with Gasteiger partial charge in [0.25, 0.3) is 0 Å². The SMILES string of the molecule is Fc1cccc(F)c1-c1ncnc(Cl)c1F. The van der Waals surface area contributed by atoms with E-state index in [1.54, 1.807) is 0 Å². The number of aromatic nitrogens is 2. The quantitative estimate of drug-likeness (QED) is 0.720. The predicted molar refractivity (Wildman–Crippen MR) is 52.4 cm³/mol. The van der Waals surface area contributed by atoms with Crippen LogP contribution in [0.25, 0.3) is 11.3 Å². The molecule has 0 bridgehead atoms. The Balaban J connectivity index is 2.73. The third kappa shape index (κ3) is 1.74. The van der Waals surface area contributed by atoms with Crippen LogP contribution in [0, 0.1) is 17.5 Å². The first kappa shape index (κ1) is 10.9. The summed E-state index contributed by atoms with van der Waals surface area (Å²) in [7, 11) is 0. The van der Waals surface area contributed by atoms with Gasteiger partial charge < -0.3 is 0 Å². The fourth-order valence-electron chi connectivity index (χ4n) is 1.25. The van der Waals surface area contributed by atoms with E-state index < -0.39 is 33.9 Å². The van der Waals surface area contributed by atoms with Crippen LogP contribution < -0.4 is 0 Å². The van der Waals surface area contributed by atoms with Crippen LogP contribution in [-0.2, 0) is 0 Å². The first-order valence-electron chi connectivity index (χ1n) is 4.21. The molecule has 6 heteroatoms. The zero-order chi connectivity index (χ0) is 11.7. The lowest BCUT2D eigenvalue weighted by molar-refractivity contribution is 0.577. The molecule has 0 aliphatic heterocycles. The summed E-state index contributed by atoms with van der Waals surface area (Å²) in [6, 6.07) is 3.19. The van der Waals surface area contributed by atoms with Gasteiger partial charge in [-0.1, -0.05) is 17.7 Å². The van der Waals surface area contributed by atoms with E-state index in [2.05, 4.69) is 9.97 Å². The van der Waals surface area contributed by atoms with Gasteiger partial charge in [0.1, 0.15) is 23.7 Å². The third-order valence-electron chi connectivity index (χ3n) is 1.95. The highest BCUT2D eigenvalue weighted by atomic mass is 35.5. The van der Waals surface area contributed by atoms with E-state index in [0.717, 1.165) is 18.5 Å². The fraction of sp³-hybridized carbons (Fsp3) is 0. The van der Waals surface area contributed by atoms with Crippen molar-refractivity contribution >= 4 is 11.6 Å². The molecule has 0 unspecified atom stereocenters. The Morgan fingerprint density at radius 2 is 1.62 bits per heavy atom. The molecule has 0 saturated carbocycles. The molecular weight excluding hydrogens is 241 g/mol. The van der Waals surface area contributed by atoms with Crippen LogP contribution in [-0.4, -0.2) is 9.97 Å². The molecule has 0 atom stereocenters. The van der Waals surface area contributed by atoms with Crippen LogP contribution in [0.5, 0.6) is 0 Å². The van der Waals surface area contributed by atoms with Crippen molar-refractivity contribution in [2.75, 3.05) is 0 Å². The molecule has 0 saturated heterocycles. The molecule has 0 amide bonds. The van der Waals surface area contributed by atoms with E-state index in [0.29, 0.717) is 0 Å². The Morgan fingerprint density at radius 3 is 2.25 bits per heavy atom. The fourth-order valence-corrected chi connectivity index (χ4v) is 1.38. The van der Waals surface area contributed by atoms with E-state index in [-0.39, 0.29) is 0 Å². The Bertz CT molecular complexity index is 525. The molecule has 0 aliphatic rings. The molecule has 0 aliphatic carbocycles. The van der Waals surface area contributed by atoms with Crippen molar-refractivity contribution in [3.8, 4) is 11.3 Å². The lowest BCUT2D eigenvalue weighted by atomic mass is 10.1. The highest BCUT2D eigenvalue weighted by Gasteiger charge is 2.18. The summed E-state index contributed by atoms with van der Waals surface area (Å²) < 4.78 is 40.1. The normalized spacial score (nSPS) is 10.5. The maximum absolute atomic E-state index is 13.5. The Labute approximate surface area is 93.7 Å². The lowest BCUT2D eigenvalue weighted by Crippen LogP contribution is -1.97. The van der Waals surface area contributed by atoms with Gasteiger partial charge in [0.05, 0.1) is 5.56 Å². The number of rotatable bonds is 1. The largest absolute Gasteiger partial charge is 0.233 e. The Hall–Kier alpha value is -1.62. The number of hydrogen-bond donors (Lipinski definition) is 0. The van der Waals surface area contributed by atoms with Gasteiger partial charge >= 0.3 is 0 Å².